The summed E-state index contributed by atoms with van der Waals surface area (Å²) in [6.45, 7) is 0. The molecule has 0 atom stereocenters. The van der Waals surface area contributed by atoms with E-state index in [1.165, 1.54) is 12.1 Å². The summed E-state index contributed by atoms with van der Waals surface area (Å²) in [6.07, 6.45) is 0. The maximum Gasteiger partial charge on any atom is 0.336 e. The van der Waals surface area contributed by atoms with Crippen LogP contribution in [0.4, 0.5) is 0 Å². The van der Waals surface area contributed by atoms with Crippen molar-refractivity contribution in [2.45, 2.75) is 0 Å². The molecule has 0 aliphatic heterocycles. The minimum atomic E-state index is -1.13. The number of hydrogen-bond acceptors (Lipinski definition) is 3. The third-order valence-electron chi connectivity index (χ3n) is 3.29. The van der Waals surface area contributed by atoms with Crippen molar-refractivity contribution >= 4 is 11.8 Å². The predicted molar refractivity (Wildman–Crippen MR) is 80.9 cm³/mol. The number of carboxylic acid groups (broad SMARTS) is 1. The molecule has 1 aromatic heterocycles. The number of H-pyrrole nitrogens is 1. The average Bonchev–Trinajstić information content (AvgIpc) is 3.05. The Kier molecular flexibility index (Phi) is 3.53. The van der Waals surface area contributed by atoms with Crippen molar-refractivity contribution in [3.63, 3.8) is 0 Å². The zero-order valence-corrected chi connectivity index (χ0v) is 11.5. The lowest BCUT2D eigenvalue weighted by Gasteiger charge is -2.02. The fourth-order valence-electron chi connectivity index (χ4n) is 2.21. The smallest absolute Gasteiger partial charge is 0.336 e. The van der Waals surface area contributed by atoms with E-state index >= 15 is 0 Å². The van der Waals surface area contributed by atoms with Gasteiger partial charge in [-0.1, -0.05) is 48.5 Å². The van der Waals surface area contributed by atoms with Crippen LogP contribution in [0.15, 0.2) is 60.7 Å². The SMILES string of the molecule is O=C(O)c1ccccc1C(=O)c1cc(-c2ccccc2)n[nH]1. The molecule has 0 aliphatic carbocycles. The molecule has 0 radical (unpaired) electrons. The van der Waals surface area contributed by atoms with Gasteiger partial charge in [-0.3, -0.25) is 9.89 Å². The molecule has 0 saturated carbocycles. The van der Waals surface area contributed by atoms with Gasteiger partial charge >= 0.3 is 5.97 Å². The standard InChI is InChI=1S/C17H12N2O3/c20-16(12-8-4-5-9-13(12)17(21)22)15-10-14(18-19-15)11-6-2-1-3-7-11/h1-10H,(H,18,19)(H,21,22). The summed E-state index contributed by atoms with van der Waals surface area (Å²) in [4.78, 5) is 23.7. The van der Waals surface area contributed by atoms with E-state index in [2.05, 4.69) is 10.2 Å². The molecule has 0 spiro atoms. The van der Waals surface area contributed by atoms with Crippen LogP contribution in [0.5, 0.6) is 0 Å². The second-order valence-electron chi connectivity index (χ2n) is 4.71. The van der Waals surface area contributed by atoms with E-state index in [0.717, 1.165) is 5.56 Å². The number of aromatic carboxylic acids is 1. The van der Waals surface area contributed by atoms with Crippen molar-refractivity contribution in [2.24, 2.45) is 0 Å². The quantitative estimate of drug-likeness (QED) is 0.724. The highest BCUT2D eigenvalue weighted by atomic mass is 16.4. The summed E-state index contributed by atoms with van der Waals surface area (Å²) in [7, 11) is 0. The van der Waals surface area contributed by atoms with E-state index < -0.39 is 11.8 Å². The second-order valence-corrected chi connectivity index (χ2v) is 4.71. The Morgan fingerprint density at radius 1 is 0.909 bits per heavy atom. The molecular formula is C17H12N2O3. The van der Waals surface area contributed by atoms with Gasteiger partial charge in [-0.2, -0.15) is 5.10 Å². The molecule has 0 unspecified atom stereocenters. The van der Waals surface area contributed by atoms with Crippen molar-refractivity contribution in [1.82, 2.24) is 10.2 Å². The summed E-state index contributed by atoms with van der Waals surface area (Å²) in [5, 5.41) is 16.0. The van der Waals surface area contributed by atoms with Crippen molar-refractivity contribution in [3.8, 4) is 11.3 Å². The van der Waals surface area contributed by atoms with Crippen molar-refractivity contribution in [3.05, 3.63) is 77.5 Å². The summed E-state index contributed by atoms with van der Waals surface area (Å²) < 4.78 is 0. The molecule has 0 fully saturated rings. The first-order valence-electron chi connectivity index (χ1n) is 6.64. The average molecular weight is 292 g/mol. The molecule has 2 N–H and O–H groups in total. The number of aromatic amines is 1. The molecule has 1 heterocycles. The van der Waals surface area contributed by atoms with Crippen molar-refractivity contribution in [1.29, 1.82) is 0 Å². The summed E-state index contributed by atoms with van der Waals surface area (Å²) >= 11 is 0. The molecule has 0 aliphatic rings. The Morgan fingerprint density at radius 3 is 2.23 bits per heavy atom. The maximum atomic E-state index is 12.5. The number of benzene rings is 2. The van der Waals surface area contributed by atoms with E-state index in [4.69, 9.17) is 5.11 Å². The highest BCUT2D eigenvalue weighted by Crippen LogP contribution is 2.20. The van der Waals surface area contributed by atoms with Crippen LogP contribution in [0, 0.1) is 0 Å². The van der Waals surface area contributed by atoms with Crippen LogP contribution in [0.1, 0.15) is 26.4 Å². The first-order valence-corrected chi connectivity index (χ1v) is 6.64. The molecule has 108 valence electrons. The van der Waals surface area contributed by atoms with Gasteiger partial charge in [0.2, 0.25) is 5.78 Å². The van der Waals surface area contributed by atoms with Crippen LogP contribution in [-0.4, -0.2) is 27.1 Å². The molecule has 5 nitrogen and oxygen atoms in total. The zero-order valence-electron chi connectivity index (χ0n) is 11.5. The molecule has 0 bridgehead atoms. The highest BCUT2D eigenvalue weighted by Gasteiger charge is 2.19. The minimum absolute atomic E-state index is 0.0247. The van der Waals surface area contributed by atoms with Gasteiger partial charge in [-0.05, 0) is 12.1 Å². The van der Waals surface area contributed by atoms with E-state index in [-0.39, 0.29) is 16.8 Å². The van der Waals surface area contributed by atoms with Crippen molar-refractivity contribution < 1.29 is 14.7 Å². The number of aromatic nitrogens is 2. The Balaban J connectivity index is 1.98. The summed E-state index contributed by atoms with van der Waals surface area (Å²) in [6, 6.07) is 17.2. The fraction of sp³-hybridized carbons (Fsp3) is 0. The zero-order chi connectivity index (χ0) is 15.5. The lowest BCUT2D eigenvalue weighted by Crippen LogP contribution is -2.09. The Bertz CT molecular complexity index is 838. The molecule has 22 heavy (non-hydrogen) atoms. The number of nitrogens with one attached hydrogen (secondary N) is 1. The number of hydrogen-bond donors (Lipinski definition) is 2. The molecule has 5 heteroatoms. The number of carbonyl (C=O) groups excluding carboxylic acids is 1. The Hall–Kier alpha value is -3.21. The first-order chi connectivity index (χ1) is 10.7. The number of rotatable bonds is 4. The molecule has 3 aromatic rings. The van der Waals surface area contributed by atoms with Gasteiger partial charge in [0.05, 0.1) is 11.3 Å². The fourth-order valence-corrected chi connectivity index (χ4v) is 2.21. The van der Waals surface area contributed by atoms with Gasteiger partial charge in [-0.25, -0.2) is 4.79 Å². The van der Waals surface area contributed by atoms with E-state index in [1.54, 1.807) is 18.2 Å². The van der Waals surface area contributed by atoms with E-state index in [0.29, 0.717) is 5.69 Å². The van der Waals surface area contributed by atoms with Crippen molar-refractivity contribution in [2.75, 3.05) is 0 Å². The van der Waals surface area contributed by atoms with Gasteiger partial charge in [-0.15, -0.1) is 0 Å². The lowest BCUT2D eigenvalue weighted by atomic mass is 10.0. The van der Waals surface area contributed by atoms with E-state index in [9.17, 15) is 9.59 Å². The van der Waals surface area contributed by atoms with Gasteiger partial charge < -0.3 is 5.11 Å². The topological polar surface area (TPSA) is 83.0 Å². The minimum Gasteiger partial charge on any atom is -0.478 e. The van der Waals surface area contributed by atoms with Gasteiger partial charge in [0.15, 0.2) is 0 Å². The van der Waals surface area contributed by atoms with Crippen LogP contribution in [0.2, 0.25) is 0 Å². The third kappa shape index (κ3) is 2.52. The maximum absolute atomic E-state index is 12.5. The van der Waals surface area contributed by atoms with Crippen LogP contribution >= 0.6 is 0 Å². The summed E-state index contributed by atoms with van der Waals surface area (Å²) in [5.41, 5.74) is 1.88. The first kappa shape index (κ1) is 13.8. The monoisotopic (exact) mass is 292 g/mol. The third-order valence-corrected chi connectivity index (χ3v) is 3.29. The number of carbonyl (C=O) groups is 2. The molecule has 0 saturated heterocycles. The van der Waals surface area contributed by atoms with Crippen LogP contribution in [0.25, 0.3) is 11.3 Å². The highest BCUT2D eigenvalue weighted by molar-refractivity contribution is 6.13. The van der Waals surface area contributed by atoms with Gasteiger partial charge in [0, 0.05) is 11.1 Å². The normalized spacial score (nSPS) is 10.4. The number of carboxylic acids is 1. The van der Waals surface area contributed by atoms with Crippen LogP contribution in [-0.2, 0) is 0 Å². The van der Waals surface area contributed by atoms with Crippen LogP contribution < -0.4 is 0 Å². The van der Waals surface area contributed by atoms with E-state index in [1.807, 2.05) is 30.3 Å². The summed E-state index contributed by atoms with van der Waals surface area (Å²) in [5.74, 6) is -1.53. The lowest BCUT2D eigenvalue weighted by molar-refractivity contribution is 0.0692. The predicted octanol–water partition coefficient (Wildman–Crippen LogP) is 3.01. The largest absolute Gasteiger partial charge is 0.478 e. The molecule has 0 amide bonds. The van der Waals surface area contributed by atoms with Crippen LogP contribution in [0.3, 0.4) is 0 Å². The second kappa shape index (κ2) is 5.65. The number of ketones is 1. The molecule has 2 aromatic carbocycles. The Morgan fingerprint density at radius 2 is 1.55 bits per heavy atom. The molecule has 3 rings (SSSR count). The Labute approximate surface area is 126 Å². The molecular weight excluding hydrogens is 280 g/mol. The van der Waals surface area contributed by atoms with Gasteiger partial charge in [0.25, 0.3) is 0 Å². The number of nitrogens with zero attached hydrogens (tertiary/aromatic N) is 1. The van der Waals surface area contributed by atoms with Gasteiger partial charge in [0.1, 0.15) is 5.69 Å².